The average Bonchev–Trinajstić information content (AvgIpc) is 3.44. The van der Waals surface area contributed by atoms with Gasteiger partial charge >= 0.3 is 0 Å². The molecule has 4 N–H and O–H groups in total. The minimum atomic E-state index is -0.287. The topological polar surface area (TPSA) is 106 Å². The van der Waals surface area contributed by atoms with Crippen molar-refractivity contribution >= 4 is 34.2 Å². The van der Waals surface area contributed by atoms with Gasteiger partial charge in [0.05, 0.1) is 34.8 Å². The molecule has 2 heterocycles. The molecule has 0 unspecified atom stereocenters. The maximum atomic E-state index is 12.1. The third-order valence-corrected chi connectivity index (χ3v) is 6.24. The number of benzene rings is 1. The van der Waals surface area contributed by atoms with Gasteiger partial charge in [0.25, 0.3) is 0 Å². The Hall–Kier alpha value is -3.06. The zero-order chi connectivity index (χ0) is 20.1. The number of aromatic nitrogens is 3. The predicted molar refractivity (Wildman–Crippen MR) is 112 cm³/mol. The van der Waals surface area contributed by atoms with Gasteiger partial charge in [-0.2, -0.15) is 0 Å². The molecule has 3 aromatic rings. The SMILES string of the molecule is COc1ncccc1-c1nc2c(N[C@H]3[C@@H](C(N)=O)[C@@H]4C=C[C@H]3C4)c(Cl)ccc2[nH]1. The van der Waals surface area contributed by atoms with E-state index in [-0.39, 0.29) is 29.7 Å². The number of amides is 1. The average molecular weight is 410 g/mol. The maximum Gasteiger partial charge on any atom is 0.224 e. The number of imidazole rings is 1. The molecule has 7 nitrogen and oxygen atoms in total. The van der Waals surface area contributed by atoms with Gasteiger partial charge in [-0.1, -0.05) is 23.8 Å². The summed E-state index contributed by atoms with van der Waals surface area (Å²) in [6, 6.07) is 7.32. The number of nitrogens with one attached hydrogen (secondary N) is 2. The summed E-state index contributed by atoms with van der Waals surface area (Å²) in [4.78, 5) is 24.4. The number of hydrogen-bond acceptors (Lipinski definition) is 5. The number of pyridine rings is 1. The molecular weight excluding hydrogens is 390 g/mol. The number of hydrogen-bond donors (Lipinski definition) is 3. The standard InChI is InChI=1S/C21H20ClN5O2/c1-29-21-12(3-2-8-24-21)20-25-14-7-6-13(22)17(18(14)27-20)26-16-11-5-4-10(9-11)15(16)19(23)28/h2-8,10-11,15-16,26H,9H2,1H3,(H2,23,28)(H,25,27)/t10-,11+,15+,16-/m1/s1. The fraction of sp³-hybridized carbons (Fsp3) is 0.286. The Morgan fingerprint density at radius 2 is 2.14 bits per heavy atom. The number of aromatic amines is 1. The van der Waals surface area contributed by atoms with E-state index in [2.05, 4.69) is 27.4 Å². The predicted octanol–water partition coefficient (Wildman–Crippen LogP) is 3.37. The summed E-state index contributed by atoms with van der Waals surface area (Å²) >= 11 is 6.54. The third-order valence-electron chi connectivity index (χ3n) is 5.92. The maximum absolute atomic E-state index is 12.1. The smallest absolute Gasteiger partial charge is 0.224 e. The Kier molecular flexibility index (Phi) is 4.20. The summed E-state index contributed by atoms with van der Waals surface area (Å²) in [5, 5.41) is 4.04. The summed E-state index contributed by atoms with van der Waals surface area (Å²) in [5.74, 6) is 1.01. The summed E-state index contributed by atoms with van der Waals surface area (Å²) in [7, 11) is 1.57. The Morgan fingerprint density at radius 1 is 1.31 bits per heavy atom. The lowest BCUT2D eigenvalue weighted by molar-refractivity contribution is -0.122. The van der Waals surface area contributed by atoms with Crippen molar-refractivity contribution in [3.05, 3.63) is 47.6 Å². The van der Waals surface area contributed by atoms with Crippen LogP contribution in [-0.4, -0.2) is 34.0 Å². The number of allylic oxidation sites excluding steroid dienone is 1. The van der Waals surface area contributed by atoms with Crippen LogP contribution in [-0.2, 0) is 4.79 Å². The fourth-order valence-electron chi connectivity index (χ4n) is 4.62. The van der Waals surface area contributed by atoms with Crippen LogP contribution in [0, 0.1) is 17.8 Å². The number of ether oxygens (including phenoxy) is 1. The van der Waals surface area contributed by atoms with Gasteiger partial charge in [0.15, 0.2) is 0 Å². The number of nitrogens with two attached hydrogens (primary N) is 1. The number of methoxy groups -OCH3 is 1. The van der Waals surface area contributed by atoms with Crippen molar-refractivity contribution in [1.82, 2.24) is 15.0 Å². The number of carbonyl (C=O) groups is 1. The Morgan fingerprint density at radius 3 is 2.93 bits per heavy atom. The Bertz CT molecular complexity index is 1140. The summed E-state index contributed by atoms with van der Waals surface area (Å²) < 4.78 is 5.36. The van der Waals surface area contributed by atoms with E-state index in [0.29, 0.717) is 27.9 Å². The highest BCUT2D eigenvalue weighted by Crippen LogP contribution is 2.46. The minimum absolute atomic E-state index is 0.0984. The summed E-state index contributed by atoms with van der Waals surface area (Å²) in [6.07, 6.45) is 6.85. The molecular formula is C21H20ClN5O2. The molecule has 2 aliphatic rings. The molecule has 0 aliphatic heterocycles. The number of nitrogens with zero attached hydrogens (tertiary/aromatic N) is 2. The second kappa shape index (κ2) is 6.77. The lowest BCUT2D eigenvalue weighted by Gasteiger charge is -2.28. The zero-order valence-electron chi connectivity index (χ0n) is 15.7. The highest BCUT2D eigenvalue weighted by atomic mass is 35.5. The molecule has 2 aliphatic carbocycles. The van der Waals surface area contributed by atoms with E-state index in [9.17, 15) is 4.79 Å². The molecule has 148 valence electrons. The van der Waals surface area contributed by atoms with Gasteiger partial charge in [-0.3, -0.25) is 4.79 Å². The van der Waals surface area contributed by atoms with Crippen LogP contribution in [0.15, 0.2) is 42.6 Å². The van der Waals surface area contributed by atoms with E-state index >= 15 is 0 Å². The normalized spacial score (nSPS) is 24.9. The highest BCUT2D eigenvalue weighted by molar-refractivity contribution is 6.34. The van der Waals surface area contributed by atoms with E-state index in [1.165, 1.54) is 0 Å². The first-order chi connectivity index (χ1) is 14.1. The van der Waals surface area contributed by atoms with Gasteiger partial charge in [-0.25, -0.2) is 9.97 Å². The van der Waals surface area contributed by atoms with Crippen molar-refractivity contribution in [2.24, 2.45) is 23.5 Å². The van der Waals surface area contributed by atoms with E-state index in [4.69, 9.17) is 27.1 Å². The van der Waals surface area contributed by atoms with Crippen molar-refractivity contribution in [3.63, 3.8) is 0 Å². The lowest BCUT2D eigenvalue weighted by atomic mass is 9.88. The molecule has 1 fully saturated rings. The first kappa shape index (κ1) is 18.0. The van der Waals surface area contributed by atoms with Crippen LogP contribution in [0.3, 0.4) is 0 Å². The van der Waals surface area contributed by atoms with Crippen molar-refractivity contribution in [2.75, 3.05) is 12.4 Å². The van der Waals surface area contributed by atoms with E-state index in [1.807, 2.05) is 24.3 Å². The second-order valence-electron chi connectivity index (χ2n) is 7.51. The van der Waals surface area contributed by atoms with Crippen LogP contribution in [0.25, 0.3) is 22.4 Å². The van der Waals surface area contributed by atoms with Gasteiger partial charge in [-0.05, 0) is 42.5 Å². The number of anilines is 1. The van der Waals surface area contributed by atoms with Crippen molar-refractivity contribution in [1.29, 1.82) is 0 Å². The molecule has 2 aromatic heterocycles. The lowest BCUT2D eigenvalue weighted by Crippen LogP contribution is -2.41. The first-order valence-electron chi connectivity index (χ1n) is 9.48. The van der Waals surface area contributed by atoms with Crippen LogP contribution in [0.5, 0.6) is 5.88 Å². The molecule has 1 aromatic carbocycles. The number of fused-ring (bicyclic) bond motifs is 3. The molecule has 1 saturated carbocycles. The van der Waals surface area contributed by atoms with Gasteiger partial charge in [-0.15, -0.1) is 0 Å². The second-order valence-corrected chi connectivity index (χ2v) is 7.92. The molecule has 5 rings (SSSR count). The van der Waals surface area contributed by atoms with Crippen molar-refractivity contribution in [3.8, 4) is 17.3 Å². The summed E-state index contributed by atoms with van der Waals surface area (Å²) in [6.45, 7) is 0. The molecule has 8 heteroatoms. The largest absolute Gasteiger partial charge is 0.480 e. The van der Waals surface area contributed by atoms with Gasteiger partial charge in [0.1, 0.15) is 11.3 Å². The van der Waals surface area contributed by atoms with Crippen molar-refractivity contribution < 1.29 is 9.53 Å². The molecule has 29 heavy (non-hydrogen) atoms. The van der Waals surface area contributed by atoms with Crippen LogP contribution in [0.4, 0.5) is 5.69 Å². The Balaban J connectivity index is 1.58. The zero-order valence-corrected chi connectivity index (χ0v) is 16.5. The van der Waals surface area contributed by atoms with Crippen LogP contribution >= 0.6 is 11.6 Å². The van der Waals surface area contributed by atoms with Crippen LogP contribution in [0.2, 0.25) is 5.02 Å². The minimum Gasteiger partial charge on any atom is -0.480 e. The number of halogens is 1. The van der Waals surface area contributed by atoms with E-state index in [1.54, 1.807) is 13.3 Å². The fourth-order valence-corrected chi connectivity index (χ4v) is 4.83. The van der Waals surface area contributed by atoms with Crippen molar-refractivity contribution in [2.45, 2.75) is 12.5 Å². The van der Waals surface area contributed by atoms with E-state index in [0.717, 1.165) is 17.5 Å². The molecule has 0 saturated heterocycles. The number of rotatable bonds is 5. The van der Waals surface area contributed by atoms with Gasteiger partial charge < -0.3 is 20.8 Å². The highest BCUT2D eigenvalue weighted by Gasteiger charge is 2.47. The quantitative estimate of drug-likeness (QED) is 0.560. The molecule has 0 spiro atoms. The molecule has 1 amide bonds. The number of carbonyl (C=O) groups excluding carboxylic acids is 1. The van der Waals surface area contributed by atoms with Gasteiger partial charge in [0.2, 0.25) is 11.8 Å². The molecule has 0 radical (unpaired) electrons. The monoisotopic (exact) mass is 409 g/mol. The molecule has 4 atom stereocenters. The molecule has 2 bridgehead atoms. The Labute approximate surface area is 172 Å². The summed E-state index contributed by atoms with van der Waals surface area (Å²) in [5.41, 5.74) is 8.69. The van der Waals surface area contributed by atoms with Gasteiger partial charge in [0, 0.05) is 12.2 Å². The van der Waals surface area contributed by atoms with Crippen LogP contribution in [0.1, 0.15) is 6.42 Å². The van der Waals surface area contributed by atoms with E-state index < -0.39 is 0 Å². The third kappa shape index (κ3) is 2.84. The number of primary amides is 1. The number of H-pyrrole nitrogens is 1. The van der Waals surface area contributed by atoms with Crippen LogP contribution < -0.4 is 15.8 Å². The first-order valence-corrected chi connectivity index (χ1v) is 9.86.